The van der Waals surface area contributed by atoms with Gasteiger partial charge in [0, 0.05) is 25.2 Å². The predicted molar refractivity (Wildman–Crippen MR) is 66.9 cm³/mol. The van der Waals surface area contributed by atoms with Crippen LogP contribution in [0.15, 0.2) is 0 Å². The Morgan fingerprint density at radius 3 is 2.73 bits per heavy atom. The molecule has 1 rings (SSSR count). The van der Waals surface area contributed by atoms with E-state index in [1.165, 1.54) is 38.6 Å². The highest BCUT2D eigenvalue weighted by atomic mass is 15.2. The first-order valence-corrected chi connectivity index (χ1v) is 6.63. The van der Waals surface area contributed by atoms with E-state index < -0.39 is 0 Å². The van der Waals surface area contributed by atoms with Crippen LogP contribution in [-0.2, 0) is 0 Å². The van der Waals surface area contributed by atoms with E-state index in [9.17, 15) is 0 Å². The van der Waals surface area contributed by atoms with Gasteiger partial charge < -0.3 is 5.73 Å². The average molecular weight is 212 g/mol. The standard InChI is InChI=1S/C13H28N2/c1-4-5-6-13(14)10-15-9-11(2)7-8-12(15)3/h11-13H,4-10,14H2,1-3H3. The van der Waals surface area contributed by atoms with Crippen molar-refractivity contribution in [3.8, 4) is 0 Å². The third-order valence-electron chi connectivity index (χ3n) is 3.64. The molecule has 0 aromatic carbocycles. The van der Waals surface area contributed by atoms with Crippen LogP contribution in [0.4, 0.5) is 0 Å². The highest BCUT2D eigenvalue weighted by Gasteiger charge is 2.23. The lowest BCUT2D eigenvalue weighted by atomic mass is 9.94. The smallest absolute Gasteiger partial charge is 0.0167 e. The molecule has 2 N–H and O–H groups in total. The van der Waals surface area contributed by atoms with Crippen LogP contribution in [-0.4, -0.2) is 30.1 Å². The fourth-order valence-electron chi connectivity index (χ4n) is 2.49. The summed E-state index contributed by atoms with van der Waals surface area (Å²) in [5, 5.41) is 0. The molecule has 1 aliphatic rings. The van der Waals surface area contributed by atoms with Gasteiger partial charge >= 0.3 is 0 Å². The molecular formula is C13H28N2. The Morgan fingerprint density at radius 2 is 2.07 bits per heavy atom. The molecule has 3 atom stereocenters. The van der Waals surface area contributed by atoms with Crippen LogP contribution in [0.5, 0.6) is 0 Å². The summed E-state index contributed by atoms with van der Waals surface area (Å²) >= 11 is 0. The van der Waals surface area contributed by atoms with Gasteiger partial charge in [-0.25, -0.2) is 0 Å². The molecular weight excluding hydrogens is 184 g/mol. The molecule has 0 aliphatic carbocycles. The average Bonchev–Trinajstić information content (AvgIpc) is 2.20. The van der Waals surface area contributed by atoms with Crippen molar-refractivity contribution in [2.24, 2.45) is 11.7 Å². The molecule has 15 heavy (non-hydrogen) atoms. The molecule has 1 fully saturated rings. The second-order valence-electron chi connectivity index (χ2n) is 5.39. The summed E-state index contributed by atoms with van der Waals surface area (Å²) in [5.74, 6) is 0.861. The minimum absolute atomic E-state index is 0.387. The summed E-state index contributed by atoms with van der Waals surface area (Å²) in [6.45, 7) is 9.29. The third kappa shape index (κ3) is 4.52. The SMILES string of the molecule is CCCCC(N)CN1CC(C)CCC1C. The van der Waals surface area contributed by atoms with Gasteiger partial charge in [-0.2, -0.15) is 0 Å². The molecule has 3 unspecified atom stereocenters. The van der Waals surface area contributed by atoms with Crippen molar-refractivity contribution in [2.45, 2.75) is 65.0 Å². The summed E-state index contributed by atoms with van der Waals surface area (Å²) in [5.41, 5.74) is 6.16. The number of likely N-dealkylation sites (tertiary alicyclic amines) is 1. The fraction of sp³-hybridized carbons (Fsp3) is 1.00. The Bertz CT molecular complexity index is 170. The van der Waals surface area contributed by atoms with Crippen LogP contribution >= 0.6 is 0 Å². The molecule has 0 spiro atoms. The number of hydrogen-bond donors (Lipinski definition) is 1. The maximum atomic E-state index is 6.16. The first-order valence-electron chi connectivity index (χ1n) is 6.63. The Hall–Kier alpha value is -0.0800. The number of nitrogens with two attached hydrogens (primary N) is 1. The van der Waals surface area contributed by atoms with E-state index in [0.717, 1.165) is 18.5 Å². The first kappa shape index (κ1) is 13.0. The molecule has 1 saturated heterocycles. The fourth-order valence-corrected chi connectivity index (χ4v) is 2.49. The second-order valence-corrected chi connectivity index (χ2v) is 5.39. The van der Waals surface area contributed by atoms with Gasteiger partial charge in [0.15, 0.2) is 0 Å². The van der Waals surface area contributed by atoms with E-state index >= 15 is 0 Å². The predicted octanol–water partition coefficient (Wildman–Crippen LogP) is 2.62. The molecule has 2 nitrogen and oxygen atoms in total. The summed E-state index contributed by atoms with van der Waals surface area (Å²) in [6.07, 6.45) is 6.47. The highest BCUT2D eigenvalue weighted by Crippen LogP contribution is 2.21. The van der Waals surface area contributed by atoms with Gasteiger partial charge in [-0.05, 0) is 32.1 Å². The quantitative estimate of drug-likeness (QED) is 0.759. The van der Waals surface area contributed by atoms with Gasteiger partial charge in [0.25, 0.3) is 0 Å². The van der Waals surface area contributed by atoms with E-state index in [0.29, 0.717) is 6.04 Å². The maximum absolute atomic E-state index is 6.16. The normalized spacial score (nSPS) is 30.4. The zero-order valence-corrected chi connectivity index (χ0v) is 10.7. The Morgan fingerprint density at radius 1 is 1.33 bits per heavy atom. The van der Waals surface area contributed by atoms with Crippen molar-refractivity contribution in [3.05, 3.63) is 0 Å². The van der Waals surface area contributed by atoms with Crippen LogP contribution in [0.3, 0.4) is 0 Å². The van der Waals surface area contributed by atoms with Crippen molar-refractivity contribution in [1.29, 1.82) is 0 Å². The Labute approximate surface area is 95.2 Å². The lowest BCUT2D eigenvalue weighted by Crippen LogP contribution is -2.47. The number of rotatable bonds is 5. The Kier molecular flexibility index (Phi) is 5.62. The zero-order chi connectivity index (χ0) is 11.3. The molecule has 0 radical (unpaired) electrons. The minimum Gasteiger partial charge on any atom is -0.327 e. The summed E-state index contributed by atoms with van der Waals surface area (Å²) in [6, 6.07) is 1.13. The molecule has 90 valence electrons. The van der Waals surface area contributed by atoms with Gasteiger partial charge in [-0.3, -0.25) is 4.90 Å². The largest absolute Gasteiger partial charge is 0.327 e. The zero-order valence-electron chi connectivity index (χ0n) is 10.7. The molecule has 0 amide bonds. The van der Waals surface area contributed by atoms with Crippen LogP contribution < -0.4 is 5.73 Å². The van der Waals surface area contributed by atoms with Gasteiger partial charge in [-0.1, -0.05) is 26.7 Å². The molecule has 0 bridgehead atoms. The molecule has 1 aliphatic heterocycles. The highest BCUT2D eigenvalue weighted by molar-refractivity contribution is 4.79. The maximum Gasteiger partial charge on any atom is 0.0167 e. The third-order valence-corrected chi connectivity index (χ3v) is 3.64. The summed E-state index contributed by atoms with van der Waals surface area (Å²) in [7, 11) is 0. The van der Waals surface area contributed by atoms with Crippen molar-refractivity contribution in [2.75, 3.05) is 13.1 Å². The van der Waals surface area contributed by atoms with Gasteiger partial charge in [0.2, 0.25) is 0 Å². The van der Waals surface area contributed by atoms with Gasteiger partial charge in [0.05, 0.1) is 0 Å². The van der Waals surface area contributed by atoms with E-state index in [2.05, 4.69) is 25.7 Å². The molecule has 0 aromatic rings. The Balaban J connectivity index is 2.28. The van der Waals surface area contributed by atoms with Gasteiger partial charge in [0.1, 0.15) is 0 Å². The van der Waals surface area contributed by atoms with Crippen molar-refractivity contribution in [3.63, 3.8) is 0 Å². The van der Waals surface area contributed by atoms with E-state index in [-0.39, 0.29) is 0 Å². The molecule has 0 saturated carbocycles. The first-order chi connectivity index (χ1) is 7.13. The number of nitrogens with zero attached hydrogens (tertiary/aromatic N) is 1. The molecule has 2 heteroatoms. The molecule has 0 aromatic heterocycles. The second kappa shape index (κ2) is 6.49. The molecule has 1 heterocycles. The van der Waals surface area contributed by atoms with Crippen LogP contribution in [0.25, 0.3) is 0 Å². The van der Waals surface area contributed by atoms with Gasteiger partial charge in [-0.15, -0.1) is 0 Å². The summed E-state index contributed by atoms with van der Waals surface area (Å²) in [4.78, 5) is 2.59. The van der Waals surface area contributed by atoms with Crippen molar-refractivity contribution >= 4 is 0 Å². The van der Waals surface area contributed by atoms with Crippen molar-refractivity contribution < 1.29 is 0 Å². The number of hydrogen-bond acceptors (Lipinski definition) is 2. The summed E-state index contributed by atoms with van der Waals surface area (Å²) < 4.78 is 0. The number of piperidine rings is 1. The van der Waals surface area contributed by atoms with Crippen LogP contribution in [0.1, 0.15) is 52.9 Å². The van der Waals surface area contributed by atoms with Crippen LogP contribution in [0, 0.1) is 5.92 Å². The minimum atomic E-state index is 0.387. The van der Waals surface area contributed by atoms with Crippen molar-refractivity contribution in [1.82, 2.24) is 4.90 Å². The van der Waals surface area contributed by atoms with E-state index in [1.54, 1.807) is 0 Å². The number of unbranched alkanes of at least 4 members (excludes halogenated alkanes) is 1. The van der Waals surface area contributed by atoms with E-state index in [4.69, 9.17) is 5.73 Å². The van der Waals surface area contributed by atoms with E-state index in [1.807, 2.05) is 0 Å². The van der Waals surface area contributed by atoms with Crippen LogP contribution in [0.2, 0.25) is 0 Å². The monoisotopic (exact) mass is 212 g/mol. The lowest BCUT2D eigenvalue weighted by molar-refractivity contribution is 0.116. The lowest BCUT2D eigenvalue weighted by Gasteiger charge is -2.38. The topological polar surface area (TPSA) is 29.3 Å².